The molecule has 2 atom stereocenters. The summed E-state index contributed by atoms with van der Waals surface area (Å²) in [6, 6.07) is -0.680. The van der Waals surface area contributed by atoms with E-state index in [0.717, 1.165) is 18.8 Å². The fourth-order valence-electron chi connectivity index (χ4n) is 4.44. The molecular weight excluding hydrogens is 376 g/mol. The van der Waals surface area contributed by atoms with Gasteiger partial charge in [0.2, 0.25) is 0 Å². The number of nitrogens with zero attached hydrogens (tertiary/aromatic N) is 2. The molecule has 0 aromatic rings. The molecule has 0 radical (unpaired) electrons. The summed E-state index contributed by atoms with van der Waals surface area (Å²) in [5.74, 6) is 0.598. The average molecular weight is 425 g/mol. The molecule has 1 saturated heterocycles. The van der Waals surface area contributed by atoms with Crippen molar-refractivity contribution in [3.05, 3.63) is 0 Å². The Morgan fingerprint density at radius 1 is 0.800 bits per heavy atom. The molecule has 30 heavy (non-hydrogen) atoms. The van der Waals surface area contributed by atoms with E-state index in [2.05, 4.69) is 13.8 Å². The molecule has 0 saturated carbocycles. The molecule has 2 unspecified atom stereocenters. The smallest absolute Gasteiger partial charge is 0.327 e. The van der Waals surface area contributed by atoms with E-state index in [1.54, 1.807) is 6.92 Å². The number of rotatable bonds is 19. The predicted octanol–water partition coefficient (Wildman–Crippen LogP) is 6.14. The van der Waals surface area contributed by atoms with Crippen LogP contribution in [0.5, 0.6) is 0 Å². The number of hydrogen-bond acceptors (Lipinski definition) is 3. The van der Waals surface area contributed by atoms with Gasteiger partial charge in [0.05, 0.1) is 6.61 Å². The highest BCUT2D eigenvalue weighted by atomic mass is 16.3. The summed E-state index contributed by atoms with van der Waals surface area (Å²) >= 11 is 0. The second kappa shape index (κ2) is 16.6. The van der Waals surface area contributed by atoms with Crippen LogP contribution in [0.1, 0.15) is 117 Å². The van der Waals surface area contributed by atoms with Crippen LogP contribution in [-0.4, -0.2) is 52.6 Å². The van der Waals surface area contributed by atoms with Crippen molar-refractivity contribution in [2.24, 2.45) is 5.92 Å². The summed E-state index contributed by atoms with van der Waals surface area (Å²) in [5, 5.41) is 9.06. The monoisotopic (exact) mass is 424 g/mol. The lowest BCUT2D eigenvalue weighted by Crippen LogP contribution is -2.36. The van der Waals surface area contributed by atoms with Gasteiger partial charge < -0.3 is 10.0 Å². The summed E-state index contributed by atoms with van der Waals surface area (Å²) < 4.78 is 0. The zero-order valence-electron chi connectivity index (χ0n) is 20.0. The van der Waals surface area contributed by atoms with E-state index in [-0.39, 0.29) is 25.1 Å². The molecule has 1 N–H and O–H groups in total. The lowest BCUT2D eigenvalue weighted by molar-refractivity contribution is -0.127. The number of hydrogen-bond donors (Lipinski definition) is 1. The van der Waals surface area contributed by atoms with Crippen LogP contribution in [0, 0.1) is 5.92 Å². The Kier molecular flexibility index (Phi) is 14.9. The van der Waals surface area contributed by atoms with Crippen LogP contribution in [0.4, 0.5) is 4.79 Å². The number of amides is 3. The molecule has 1 fully saturated rings. The molecule has 1 aliphatic heterocycles. The van der Waals surface area contributed by atoms with Crippen LogP contribution >= 0.6 is 0 Å². The van der Waals surface area contributed by atoms with E-state index in [4.69, 9.17) is 5.11 Å². The Morgan fingerprint density at radius 3 is 1.83 bits per heavy atom. The Hall–Kier alpha value is -1.10. The summed E-state index contributed by atoms with van der Waals surface area (Å²) in [6.45, 7) is 6.98. The lowest BCUT2D eigenvalue weighted by Gasteiger charge is -2.18. The van der Waals surface area contributed by atoms with Crippen LogP contribution in [0.2, 0.25) is 0 Å². The molecule has 5 nitrogen and oxygen atoms in total. The number of carbonyl (C=O) groups excluding carboxylic acids is 2. The van der Waals surface area contributed by atoms with E-state index in [0.29, 0.717) is 6.54 Å². The highest BCUT2D eigenvalue weighted by Gasteiger charge is 2.41. The first kappa shape index (κ1) is 26.9. The second-order valence-electron chi connectivity index (χ2n) is 9.29. The van der Waals surface area contributed by atoms with Crippen molar-refractivity contribution in [2.45, 2.75) is 123 Å². The van der Waals surface area contributed by atoms with E-state index in [1.807, 2.05) is 0 Å². The fraction of sp³-hybridized carbons (Fsp3) is 0.920. The van der Waals surface area contributed by atoms with Gasteiger partial charge in [0.1, 0.15) is 6.04 Å². The summed E-state index contributed by atoms with van der Waals surface area (Å²) in [7, 11) is 0. The van der Waals surface area contributed by atoms with Gasteiger partial charge in [-0.1, -0.05) is 104 Å². The largest absolute Gasteiger partial charge is 0.395 e. The quantitative estimate of drug-likeness (QED) is 0.200. The van der Waals surface area contributed by atoms with Gasteiger partial charge in [0, 0.05) is 13.1 Å². The first-order chi connectivity index (χ1) is 14.5. The molecule has 0 aromatic heterocycles. The van der Waals surface area contributed by atoms with Crippen molar-refractivity contribution in [3.63, 3.8) is 0 Å². The molecule has 1 aliphatic rings. The minimum Gasteiger partial charge on any atom is -0.395 e. The third-order valence-electron chi connectivity index (χ3n) is 6.54. The highest BCUT2D eigenvalue weighted by Crippen LogP contribution is 2.20. The van der Waals surface area contributed by atoms with Crippen LogP contribution in [0.25, 0.3) is 0 Å². The van der Waals surface area contributed by atoms with Crippen molar-refractivity contribution in [3.8, 4) is 0 Å². The Balaban J connectivity index is 1.98. The number of aliphatic hydroxyl groups is 1. The van der Waals surface area contributed by atoms with E-state index >= 15 is 0 Å². The number of urea groups is 1. The molecule has 0 aromatic carbocycles. The lowest BCUT2D eigenvalue weighted by atomic mass is 9.96. The molecule has 0 aliphatic carbocycles. The SMILES string of the molecule is CCCCCCCCCCCCCC(C)CCCCN1C(=O)C(C)N(CCO)C1=O. The van der Waals surface area contributed by atoms with Crippen LogP contribution in [0.3, 0.4) is 0 Å². The molecule has 1 heterocycles. The van der Waals surface area contributed by atoms with Crippen molar-refractivity contribution in [1.29, 1.82) is 0 Å². The highest BCUT2D eigenvalue weighted by molar-refractivity contribution is 6.03. The first-order valence-electron chi connectivity index (χ1n) is 12.8. The van der Waals surface area contributed by atoms with E-state index < -0.39 is 6.04 Å². The molecular formula is C25H48N2O3. The molecule has 1 rings (SSSR count). The minimum atomic E-state index is -0.440. The van der Waals surface area contributed by atoms with Gasteiger partial charge in [-0.3, -0.25) is 9.69 Å². The van der Waals surface area contributed by atoms with Crippen LogP contribution in [0.15, 0.2) is 0 Å². The molecule has 0 spiro atoms. The van der Waals surface area contributed by atoms with E-state index in [9.17, 15) is 9.59 Å². The summed E-state index contributed by atoms with van der Waals surface area (Å²) in [5.41, 5.74) is 0. The van der Waals surface area contributed by atoms with Gasteiger partial charge in [-0.2, -0.15) is 0 Å². The number of imide groups is 1. The maximum Gasteiger partial charge on any atom is 0.327 e. The fourth-order valence-corrected chi connectivity index (χ4v) is 4.44. The number of carbonyl (C=O) groups is 2. The van der Waals surface area contributed by atoms with Crippen molar-refractivity contribution >= 4 is 11.9 Å². The van der Waals surface area contributed by atoms with Gasteiger partial charge in [-0.25, -0.2) is 4.79 Å². The normalized spacial score (nSPS) is 17.9. The van der Waals surface area contributed by atoms with E-state index in [1.165, 1.54) is 93.3 Å². The Labute approximate surface area is 185 Å². The zero-order valence-corrected chi connectivity index (χ0v) is 20.0. The molecule has 5 heteroatoms. The second-order valence-corrected chi connectivity index (χ2v) is 9.29. The molecule has 176 valence electrons. The number of unbranched alkanes of at least 4 members (excludes halogenated alkanes) is 11. The van der Waals surface area contributed by atoms with Crippen molar-refractivity contribution < 1.29 is 14.7 Å². The predicted molar refractivity (Wildman–Crippen MR) is 124 cm³/mol. The van der Waals surface area contributed by atoms with Crippen molar-refractivity contribution in [1.82, 2.24) is 9.80 Å². The van der Waals surface area contributed by atoms with Crippen molar-refractivity contribution in [2.75, 3.05) is 19.7 Å². The summed E-state index contributed by atoms with van der Waals surface area (Å²) in [4.78, 5) is 27.4. The third kappa shape index (κ3) is 10.3. The third-order valence-corrected chi connectivity index (χ3v) is 6.54. The van der Waals surface area contributed by atoms with Gasteiger partial charge in [0.25, 0.3) is 5.91 Å². The van der Waals surface area contributed by atoms with Crippen LogP contribution < -0.4 is 0 Å². The first-order valence-corrected chi connectivity index (χ1v) is 12.8. The van der Waals surface area contributed by atoms with Gasteiger partial charge in [-0.05, 0) is 19.3 Å². The standard InChI is InChI=1S/C25H48N2O3/c1-4-5-6-7-8-9-10-11-12-13-14-17-22(2)18-15-16-19-27-24(29)23(3)26(20-21-28)25(27)30/h22-23,28H,4-21H2,1-3H3. The molecule has 0 bridgehead atoms. The van der Waals surface area contributed by atoms with Gasteiger partial charge in [0.15, 0.2) is 0 Å². The topological polar surface area (TPSA) is 60.9 Å². The number of aliphatic hydroxyl groups excluding tert-OH is 1. The summed E-state index contributed by atoms with van der Waals surface area (Å²) in [6.07, 6.45) is 19.7. The maximum absolute atomic E-state index is 12.3. The number of β-amino-alcohol motifs (C(OH)–C–C–N with tert-alkyl or cyclic N) is 1. The van der Waals surface area contributed by atoms with Gasteiger partial charge in [-0.15, -0.1) is 0 Å². The molecule has 3 amide bonds. The Morgan fingerprint density at radius 2 is 1.30 bits per heavy atom. The average Bonchev–Trinajstić information content (AvgIpc) is 2.93. The minimum absolute atomic E-state index is 0.103. The zero-order chi connectivity index (χ0) is 22.2. The van der Waals surface area contributed by atoms with Gasteiger partial charge >= 0.3 is 6.03 Å². The Bertz CT molecular complexity index is 469. The maximum atomic E-state index is 12.3. The van der Waals surface area contributed by atoms with Crippen LogP contribution in [-0.2, 0) is 4.79 Å².